The lowest BCUT2D eigenvalue weighted by Gasteiger charge is -2.23. The number of anilines is 4. The van der Waals surface area contributed by atoms with Crippen LogP contribution in [0.3, 0.4) is 0 Å². The lowest BCUT2D eigenvalue weighted by atomic mass is 9.82. The summed E-state index contributed by atoms with van der Waals surface area (Å²) in [6.45, 7) is 0. The lowest BCUT2D eigenvalue weighted by molar-refractivity contribution is 0.0980. The summed E-state index contributed by atoms with van der Waals surface area (Å²) in [5.74, 6) is -0.333. The van der Waals surface area contributed by atoms with Crippen LogP contribution in [0.1, 0.15) is 54.1 Å². The van der Waals surface area contributed by atoms with Gasteiger partial charge < -0.3 is 10.6 Å². The zero-order valence-electron chi connectivity index (χ0n) is 24.1. The molecule has 0 aromatic heterocycles. The molecule has 0 saturated heterocycles. The first-order valence-corrected chi connectivity index (χ1v) is 14.8. The van der Waals surface area contributed by atoms with Crippen LogP contribution in [0.15, 0.2) is 146 Å². The molecule has 0 saturated carbocycles. The second-order valence-electron chi connectivity index (χ2n) is 11.1. The first kappa shape index (κ1) is 27.1. The molecule has 0 bridgehead atoms. The van der Waals surface area contributed by atoms with E-state index >= 15 is 0 Å². The van der Waals surface area contributed by atoms with Crippen molar-refractivity contribution in [1.29, 1.82) is 0 Å². The summed E-state index contributed by atoms with van der Waals surface area (Å²) in [7, 11) is 0. The highest BCUT2D eigenvalue weighted by atomic mass is 16.1. The third-order valence-corrected chi connectivity index (χ3v) is 8.04. The molecule has 2 N–H and O–H groups in total. The minimum Gasteiger partial charge on any atom is -0.355 e. The van der Waals surface area contributed by atoms with Crippen molar-refractivity contribution in [3.05, 3.63) is 190 Å². The highest BCUT2D eigenvalue weighted by Crippen LogP contribution is 2.37. The summed E-state index contributed by atoms with van der Waals surface area (Å²) < 4.78 is 0. The Balaban J connectivity index is 1.14. The molecular weight excluding hydrogens is 540 g/mol. The lowest BCUT2D eigenvalue weighted by Crippen LogP contribution is -2.23. The summed E-state index contributed by atoms with van der Waals surface area (Å²) in [6, 6.07) is 47.9. The Morgan fingerprint density at radius 2 is 0.750 bits per heavy atom. The monoisotopic (exact) mass is 570 g/mol. The van der Waals surface area contributed by atoms with E-state index in [0.717, 1.165) is 24.2 Å². The summed E-state index contributed by atoms with van der Waals surface area (Å²) in [6.07, 6.45) is 1.69. The number of fused-ring (bicyclic) bond motifs is 2. The topological polar surface area (TPSA) is 58.2 Å². The SMILES string of the molecule is O=C1c2cccc(Nc3ccc(Cc4ccccc4)cc3)c2C(=O)c2c(Nc3ccc(Cc4ccccc4)cc3)cccc21. The van der Waals surface area contributed by atoms with Gasteiger partial charge in [0.05, 0.1) is 22.5 Å². The van der Waals surface area contributed by atoms with E-state index in [9.17, 15) is 9.59 Å². The first-order chi connectivity index (χ1) is 21.6. The zero-order valence-corrected chi connectivity index (χ0v) is 24.1. The van der Waals surface area contributed by atoms with Crippen molar-refractivity contribution >= 4 is 34.3 Å². The Bertz CT molecular complexity index is 1820. The fourth-order valence-corrected chi connectivity index (χ4v) is 5.84. The fraction of sp³-hybridized carbons (Fsp3) is 0.0500. The molecule has 0 spiro atoms. The molecule has 0 fully saturated rings. The Kier molecular flexibility index (Phi) is 7.31. The standard InChI is InChI=1S/C40H30N2O2/c43-39-33-13-7-15-35(41-31-21-17-29(18-22-31)25-27-9-3-1-4-10-27)37(33)40(44)38-34(39)14-8-16-36(38)42-32-23-19-30(20-24-32)26-28-11-5-2-6-12-28/h1-24,41-42H,25-26H2. The quantitative estimate of drug-likeness (QED) is 0.191. The van der Waals surface area contributed by atoms with E-state index in [2.05, 4.69) is 59.2 Å². The van der Waals surface area contributed by atoms with Crippen molar-refractivity contribution in [3.8, 4) is 0 Å². The minimum atomic E-state index is -0.179. The van der Waals surface area contributed by atoms with Crippen LogP contribution in [0.25, 0.3) is 0 Å². The average molecular weight is 571 g/mol. The number of carbonyl (C=O) groups excluding carboxylic acids is 2. The molecule has 4 nitrogen and oxygen atoms in total. The molecule has 0 aliphatic heterocycles. The van der Waals surface area contributed by atoms with Crippen molar-refractivity contribution in [1.82, 2.24) is 0 Å². The van der Waals surface area contributed by atoms with Crippen molar-refractivity contribution in [2.75, 3.05) is 10.6 Å². The summed E-state index contributed by atoms with van der Waals surface area (Å²) in [4.78, 5) is 27.8. The van der Waals surface area contributed by atoms with Gasteiger partial charge in [0.1, 0.15) is 0 Å². The Morgan fingerprint density at radius 3 is 1.16 bits per heavy atom. The number of carbonyl (C=O) groups is 2. The van der Waals surface area contributed by atoms with Crippen LogP contribution >= 0.6 is 0 Å². The van der Waals surface area contributed by atoms with E-state index in [0.29, 0.717) is 33.6 Å². The van der Waals surface area contributed by atoms with E-state index in [1.807, 2.05) is 84.9 Å². The van der Waals surface area contributed by atoms with Gasteiger partial charge in [0.2, 0.25) is 0 Å². The average Bonchev–Trinajstić information content (AvgIpc) is 3.06. The molecule has 44 heavy (non-hydrogen) atoms. The smallest absolute Gasteiger partial charge is 0.198 e. The second kappa shape index (κ2) is 11.9. The molecule has 0 atom stereocenters. The van der Waals surface area contributed by atoms with Gasteiger partial charge in [0, 0.05) is 22.5 Å². The molecular formula is C40H30N2O2. The summed E-state index contributed by atoms with van der Waals surface area (Å²) >= 11 is 0. The molecule has 0 radical (unpaired) electrons. The van der Waals surface area contributed by atoms with Crippen LogP contribution in [0.2, 0.25) is 0 Å². The van der Waals surface area contributed by atoms with Crippen molar-refractivity contribution in [2.24, 2.45) is 0 Å². The van der Waals surface area contributed by atoms with Crippen LogP contribution in [0.5, 0.6) is 0 Å². The normalized spacial score (nSPS) is 11.9. The number of hydrogen-bond acceptors (Lipinski definition) is 4. The van der Waals surface area contributed by atoms with Crippen LogP contribution in [0.4, 0.5) is 22.7 Å². The number of benzene rings is 6. The predicted molar refractivity (Wildman–Crippen MR) is 178 cm³/mol. The highest BCUT2D eigenvalue weighted by molar-refractivity contribution is 6.32. The fourth-order valence-electron chi connectivity index (χ4n) is 5.84. The maximum absolute atomic E-state index is 14.2. The molecule has 4 heteroatoms. The van der Waals surface area contributed by atoms with Crippen molar-refractivity contribution in [3.63, 3.8) is 0 Å². The molecule has 0 unspecified atom stereocenters. The highest BCUT2D eigenvalue weighted by Gasteiger charge is 2.33. The number of nitrogens with one attached hydrogen (secondary N) is 2. The third-order valence-electron chi connectivity index (χ3n) is 8.04. The van der Waals surface area contributed by atoms with Gasteiger partial charge in [0.25, 0.3) is 0 Å². The predicted octanol–water partition coefficient (Wildman–Crippen LogP) is 9.13. The number of ketones is 2. The molecule has 1 aliphatic carbocycles. The molecule has 6 aromatic rings. The molecule has 0 amide bonds. The van der Waals surface area contributed by atoms with Crippen LogP contribution in [-0.2, 0) is 12.8 Å². The van der Waals surface area contributed by atoms with Gasteiger partial charge in [-0.3, -0.25) is 9.59 Å². The minimum absolute atomic E-state index is 0.154. The largest absolute Gasteiger partial charge is 0.355 e. The van der Waals surface area contributed by atoms with Gasteiger partial charge in [-0.05, 0) is 71.5 Å². The van der Waals surface area contributed by atoms with Crippen LogP contribution < -0.4 is 10.6 Å². The Morgan fingerprint density at radius 1 is 0.364 bits per heavy atom. The molecule has 6 aromatic carbocycles. The Labute approximate surface area is 257 Å². The van der Waals surface area contributed by atoms with E-state index in [1.165, 1.54) is 22.3 Å². The van der Waals surface area contributed by atoms with Crippen molar-refractivity contribution < 1.29 is 9.59 Å². The molecule has 7 rings (SSSR count). The van der Waals surface area contributed by atoms with Crippen LogP contribution in [0, 0.1) is 0 Å². The van der Waals surface area contributed by atoms with Gasteiger partial charge in [-0.25, -0.2) is 0 Å². The third kappa shape index (κ3) is 5.53. The van der Waals surface area contributed by atoms with E-state index in [4.69, 9.17) is 0 Å². The summed E-state index contributed by atoms with van der Waals surface area (Å²) in [5.41, 5.74) is 9.43. The molecule has 0 heterocycles. The molecule has 212 valence electrons. The van der Waals surface area contributed by atoms with E-state index < -0.39 is 0 Å². The second-order valence-corrected chi connectivity index (χ2v) is 11.1. The number of hydrogen-bond donors (Lipinski definition) is 2. The maximum Gasteiger partial charge on any atom is 0.198 e. The molecule has 1 aliphatic rings. The van der Waals surface area contributed by atoms with E-state index in [1.54, 1.807) is 12.1 Å². The van der Waals surface area contributed by atoms with Crippen molar-refractivity contribution in [2.45, 2.75) is 12.8 Å². The van der Waals surface area contributed by atoms with Crippen LogP contribution in [-0.4, -0.2) is 11.6 Å². The maximum atomic E-state index is 14.2. The van der Waals surface area contributed by atoms with Gasteiger partial charge in [0.15, 0.2) is 11.6 Å². The zero-order chi connectivity index (χ0) is 29.9. The van der Waals surface area contributed by atoms with Gasteiger partial charge in [-0.2, -0.15) is 0 Å². The first-order valence-electron chi connectivity index (χ1n) is 14.8. The van der Waals surface area contributed by atoms with Gasteiger partial charge >= 0.3 is 0 Å². The summed E-state index contributed by atoms with van der Waals surface area (Å²) in [5, 5.41) is 6.81. The Hall–Kier alpha value is -5.74. The van der Waals surface area contributed by atoms with E-state index in [-0.39, 0.29) is 11.6 Å². The van der Waals surface area contributed by atoms with Gasteiger partial charge in [-0.1, -0.05) is 109 Å². The number of rotatable bonds is 8. The van der Waals surface area contributed by atoms with Gasteiger partial charge in [-0.15, -0.1) is 0 Å².